The van der Waals surface area contributed by atoms with Gasteiger partial charge in [0.05, 0.1) is 6.20 Å². The number of nitrogens with one attached hydrogen (secondary N) is 1. The Balaban J connectivity index is 0.00000144. The molecule has 1 aromatic heterocycles. The van der Waals surface area contributed by atoms with E-state index in [4.69, 9.17) is 0 Å². The molecule has 0 bridgehead atoms. The Morgan fingerprint density at radius 2 is 1.75 bits per heavy atom. The highest BCUT2D eigenvalue weighted by molar-refractivity contribution is 5.85. The molecule has 0 saturated carbocycles. The van der Waals surface area contributed by atoms with E-state index in [0.29, 0.717) is 6.42 Å². The number of amides is 1. The highest BCUT2D eigenvalue weighted by Crippen LogP contribution is 2.11. The lowest BCUT2D eigenvalue weighted by Crippen LogP contribution is -2.49. The topological polar surface area (TPSA) is 64.6 Å². The minimum atomic E-state index is 0. The molecule has 1 amide bonds. The third kappa shape index (κ3) is 5.73. The average Bonchev–Trinajstić information content (AvgIpc) is 2.61. The van der Waals surface area contributed by atoms with E-state index in [2.05, 4.69) is 25.1 Å². The molecule has 2 aliphatic heterocycles. The van der Waals surface area contributed by atoms with Crippen molar-refractivity contribution in [3.8, 4) is 0 Å². The number of hydrogen-bond acceptors (Lipinski definition) is 6. The van der Waals surface area contributed by atoms with E-state index in [0.717, 1.165) is 64.7 Å². The Labute approximate surface area is 155 Å². The van der Waals surface area contributed by atoms with Gasteiger partial charge in [0.25, 0.3) is 0 Å². The normalized spacial score (nSPS) is 18.5. The molecule has 24 heavy (non-hydrogen) atoms. The molecule has 7 nitrogen and oxygen atoms in total. The van der Waals surface area contributed by atoms with Gasteiger partial charge in [-0.25, -0.2) is 4.98 Å². The van der Waals surface area contributed by atoms with Gasteiger partial charge in [0.15, 0.2) is 0 Å². The fourth-order valence-electron chi connectivity index (χ4n) is 2.98. The molecule has 0 unspecified atom stereocenters. The monoisotopic (exact) mass is 376 g/mol. The van der Waals surface area contributed by atoms with Crippen LogP contribution in [-0.4, -0.2) is 84.6 Å². The molecule has 2 aliphatic rings. The highest BCUT2D eigenvalue weighted by atomic mass is 35.5. The first-order chi connectivity index (χ1) is 10.8. The summed E-state index contributed by atoms with van der Waals surface area (Å²) >= 11 is 0. The number of rotatable bonds is 4. The molecule has 2 saturated heterocycles. The molecule has 0 atom stereocenters. The number of anilines is 1. The first-order valence-corrected chi connectivity index (χ1v) is 8.05. The number of aromatic nitrogens is 2. The summed E-state index contributed by atoms with van der Waals surface area (Å²) in [5, 5.41) is 3.27. The van der Waals surface area contributed by atoms with E-state index in [1.165, 1.54) is 0 Å². The predicted molar refractivity (Wildman–Crippen MR) is 99.2 cm³/mol. The maximum absolute atomic E-state index is 12.2. The van der Waals surface area contributed by atoms with Crippen LogP contribution in [0.15, 0.2) is 18.6 Å². The molecular weight excluding hydrogens is 351 g/mol. The Bertz CT molecular complexity index is 478. The Morgan fingerprint density at radius 3 is 2.38 bits per heavy atom. The molecular formula is C15H26Cl2N6O. The van der Waals surface area contributed by atoms with Crippen molar-refractivity contribution in [2.75, 3.05) is 63.8 Å². The van der Waals surface area contributed by atoms with Crippen LogP contribution < -0.4 is 10.2 Å². The van der Waals surface area contributed by atoms with Crippen molar-refractivity contribution < 1.29 is 4.79 Å². The van der Waals surface area contributed by atoms with Gasteiger partial charge in [0, 0.05) is 77.7 Å². The van der Waals surface area contributed by atoms with Crippen LogP contribution in [0.2, 0.25) is 0 Å². The van der Waals surface area contributed by atoms with E-state index in [-0.39, 0.29) is 30.7 Å². The third-order valence-electron chi connectivity index (χ3n) is 4.36. The summed E-state index contributed by atoms with van der Waals surface area (Å²) in [6.45, 7) is 8.23. The molecule has 3 rings (SSSR count). The van der Waals surface area contributed by atoms with Crippen LogP contribution in [0.25, 0.3) is 0 Å². The van der Waals surface area contributed by atoms with Crippen molar-refractivity contribution in [3.05, 3.63) is 18.6 Å². The molecule has 136 valence electrons. The van der Waals surface area contributed by atoms with Gasteiger partial charge >= 0.3 is 0 Å². The fraction of sp³-hybridized carbons (Fsp3) is 0.667. The molecule has 0 radical (unpaired) electrons. The Hall–Kier alpha value is -1.15. The minimum Gasteiger partial charge on any atom is -0.353 e. The second kappa shape index (κ2) is 10.7. The summed E-state index contributed by atoms with van der Waals surface area (Å²) < 4.78 is 0. The molecule has 0 aromatic carbocycles. The van der Waals surface area contributed by atoms with E-state index >= 15 is 0 Å². The molecule has 0 spiro atoms. The number of nitrogens with zero attached hydrogens (tertiary/aromatic N) is 5. The second-order valence-electron chi connectivity index (χ2n) is 5.77. The van der Waals surface area contributed by atoms with E-state index in [9.17, 15) is 4.79 Å². The third-order valence-corrected chi connectivity index (χ3v) is 4.36. The van der Waals surface area contributed by atoms with Crippen molar-refractivity contribution in [1.29, 1.82) is 0 Å². The first-order valence-electron chi connectivity index (χ1n) is 8.05. The highest BCUT2D eigenvalue weighted by Gasteiger charge is 2.20. The van der Waals surface area contributed by atoms with Gasteiger partial charge in [0.2, 0.25) is 5.91 Å². The van der Waals surface area contributed by atoms with Crippen molar-refractivity contribution in [3.63, 3.8) is 0 Å². The van der Waals surface area contributed by atoms with Gasteiger partial charge in [0.1, 0.15) is 5.82 Å². The van der Waals surface area contributed by atoms with Gasteiger partial charge in [-0.2, -0.15) is 0 Å². The molecule has 3 heterocycles. The quantitative estimate of drug-likeness (QED) is 0.813. The van der Waals surface area contributed by atoms with Gasteiger partial charge in [-0.1, -0.05) is 0 Å². The summed E-state index contributed by atoms with van der Waals surface area (Å²) in [5.41, 5.74) is 0. The van der Waals surface area contributed by atoms with Crippen LogP contribution >= 0.6 is 24.8 Å². The lowest BCUT2D eigenvalue weighted by molar-refractivity contribution is -0.132. The molecule has 1 aromatic rings. The van der Waals surface area contributed by atoms with Gasteiger partial charge in [-0.05, 0) is 0 Å². The van der Waals surface area contributed by atoms with Gasteiger partial charge in [-0.3, -0.25) is 14.7 Å². The number of carbonyl (C=O) groups is 1. The minimum absolute atomic E-state index is 0. The molecule has 0 aliphatic carbocycles. The van der Waals surface area contributed by atoms with Crippen LogP contribution in [0.5, 0.6) is 0 Å². The lowest BCUT2D eigenvalue weighted by atomic mass is 10.2. The summed E-state index contributed by atoms with van der Waals surface area (Å²) in [6, 6.07) is 0. The Kier molecular flexibility index (Phi) is 9.28. The largest absolute Gasteiger partial charge is 0.353 e. The summed E-state index contributed by atoms with van der Waals surface area (Å²) in [5.74, 6) is 1.23. The first kappa shape index (κ1) is 20.9. The van der Waals surface area contributed by atoms with Crippen molar-refractivity contribution in [1.82, 2.24) is 25.1 Å². The van der Waals surface area contributed by atoms with Crippen molar-refractivity contribution in [2.45, 2.75) is 6.42 Å². The number of hydrogen-bond donors (Lipinski definition) is 1. The number of piperazine rings is 2. The fourth-order valence-corrected chi connectivity index (χ4v) is 2.98. The van der Waals surface area contributed by atoms with E-state index in [1.54, 1.807) is 12.4 Å². The molecule has 1 N–H and O–H groups in total. The predicted octanol–water partition coefficient (Wildman–Crippen LogP) is 0.264. The van der Waals surface area contributed by atoms with Crippen LogP contribution in [-0.2, 0) is 4.79 Å². The molecule has 2 fully saturated rings. The second-order valence-corrected chi connectivity index (χ2v) is 5.77. The zero-order valence-electron chi connectivity index (χ0n) is 13.8. The maximum atomic E-state index is 12.2. The van der Waals surface area contributed by atoms with Crippen LogP contribution in [0.1, 0.15) is 6.42 Å². The van der Waals surface area contributed by atoms with Gasteiger partial charge in [-0.15, -0.1) is 24.8 Å². The van der Waals surface area contributed by atoms with Crippen LogP contribution in [0.4, 0.5) is 5.82 Å². The van der Waals surface area contributed by atoms with E-state index < -0.39 is 0 Å². The van der Waals surface area contributed by atoms with Crippen molar-refractivity contribution in [2.24, 2.45) is 0 Å². The summed E-state index contributed by atoms with van der Waals surface area (Å²) in [6.07, 6.45) is 5.87. The van der Waals surface area contributed by atoms with Crippen LogP contribution in [0.3, 0.4) is 0 Å². The average molecular weight is 377 g/mol. The number of halogens is 2. The van der Waals surface area contributed by atoms with Gasteiger partial charge < -0.3 is 15.1 Å². The van der Waals surface area contributed by atoms with E-state index in [1.807, 2.05) is 11.1 Å². The summed E-state index contributed by atoms with van der Waals surface area (Å²) in [7, 11) is 0. The smallest absolute Gasteiger partial charge is 0.223 e. The maximum Gasteiger partial charge on any atom is 0.223 e. The SMILES string of the molecule is Cl.Cl.O=C(CCN1CCN(c2cnccn2)CC1)N1CCNCC1. The summed E-state index contributed by atoms with van der Waals surface area (Å²) in [4.78, 5) is 27.2. The van der Waals surface area contributed by atoms with Crippen molar-refractivity contribution >= 4 is 36.5 Å². The number of carbonyl (C=O) groups excluding carboxylic acids is 1. The van der Waals surface area contributed by atoms with Crippen LogP contribution in [0, 0.1) is 0 Å². The molecule has 9 heteroatoms. The standard InChI is InChI=1S/C15H24N6O.2ClH/c22-15(21-7-4-16-5-8-21)1-6-19-9-11-20(12-10-19)14-13-17-2-3-18-14;;/h2-3,13,16H,1,4-12H2;2*1H. The zero-order chi connectivity index (χ0) is 15.2. The Morgan fingerprint density at radius 1 is 1.04 bits per heavy atom. The lowest BCUT2D eigenvalue weighted by Gasteiger charge is -2.35. The zero-order valence-corrected chi connectivity index (χ0v) is 15.4.